The summed E-state index contributed by atoms with van der Waals surface area (Å²) in [7, 11) is 1.69. The van der Waals surface area contributed by atoms with Gasteiger partial charge in [-0.2, -0.15) is 0 Å². The van der Waals surface area contributed by atoms with Gasteiger partial charge in [-0.25, -0.2) is 0 Å². The molecule has 0 aromatic heterocycles. The number of benzene rings is 3. The molecule has 0 saturated carbocycles. The zero-order valence-corrected chi connectivity index (χ0v) is 21.2. The van der Waals surface area contributed by atoms with Gasteiger partial charge in [-0.1, -0.05) is 50.2 Å². The zero-order valence-electron chi connectivity index (χ0n) is 21.2. The highest BCUT2D eigenvalue weighted by molar-refractivity contribution is 5.65. The Hall–Kier alpha value is -3.06. The molecule has 1 unspecified atom stereocenters. The molecule has 0 radical (unpaired) electrons. The summed E-state index contributed by atoms with van der Waals surface area (Å²) in [6.45, 7) is 8.83. The van der Waals surface area contributed by atoms with E-state index < -0.39 is 11.4 Å². The van der Waals surface area contributed by atoms with E-state index in [-0.39, 0.29) is 0 Å². The minimum absolute atomic E-state index is 0.328. The van der Waals surface area contributed by atoms with Crippen molar-refractivity contribution in [3.63, 3.8) is 0 Å². The lowest BCUT2D eigenvalue weighted by atomic mass is 9.87. The fraction of sp³-hybridized carbons (Fsp3) is 0.400. The number of aliphatic hydroxyl groups is 2. The van der Waals surface area contributed by atoms with Crippen LogP contribution in [0.1, 0.15) is 47.6 Å². The van der Waals surface area contributed by atoms with Crippen molar-refractivity contribution in [2.75, 3.05) is 38.2 Å². The minimum atomic E-state index is -1.77. The lowest BCUT2D eigenvalue weighted by molar-refractivity contribution is -0.242. The number of fused-ring (bicyclic) bond motifs is 5. The van der Waals surface area contributed by atoms with Crippen LogP contribution in [0, 0.1) is 0 Å². The predicted octanol–water partition coefficient (Wildman–Crippen LogP) is 4.12. The molecule has 2 atom stereocenters. The molecule has 3 aromatic carbocycles. The van der Waals surface area contributed by atoms with E-state index in [0.717, 1.165) is 55.3 Å². The second-order valence-electron chi connectivity index (χ2n) is 10.6. The first-order chi connectivity index (χ1) is 17.3. The summed E-state index contributed by atoms with van der Waals surface area (Å²) in [6.07, 6.45) is 0.328. The van der Waals surface area contributed by atoms with E-state index in [4.69, 9.17) is 9.47 Å². The van der Waals surface area contributed by atoms with Gasteiger partial charge in [0.2, 0.25) is 0 Å². The Bertz CT molecular complexity index is 1280. The Morgan fingerprint density at radius 1 is 0.944 bits per heavy atom. The van der Waals surface area contributed by atoms with Gasteiger partial charge < -0.3 is 24.6 Å². The molecule has 6 nitrogen and oxygen atoms in total. The van der Waals surface area contributed by atoms with Gasteiger partial charge in [0.25, 0.3) is 5.79 Å². The number of piperazine rings is 1. The summed E-state index contributed by atoms with van der Waals surface area (Å²) < 4.78 is 11.4. The van der Waals surface area contributed by atoms with Crippen LogP contribution in [-0.2, 0) is 24.4 Å². The van der Waals surface area contributed by atoms with Crippen molar-refractivity contribution < 1.29 is 19.7 Å². The van der Waals surface area contributed by atoms with E-state index in [0.29, 0.717) is 29.2 Å². The molecule has 36 heavy (non-hydrogen) atoms. The number of rotatable bonds is 5. The molecular formula is C30H34N2O4. The molecule has 3 aliphatic rings. The first-order valence-electron chi connectivity index (χ1n) is 12.8. The number of methoxy groups -OCH3 is 1. The molecule has 0 spiro atoms. The van der Waals surface area contributed by atoms with Crippen LogP contribution in [0.25, 0.3) is 0 Å². The third kappa shape index (κ3) is 3.51. The third-order valence-corrected chi connectivity index (χ3v) is 8.16. The van der Waals surface area contributed by atoms with Crippen molar-refractivity contribution in [1.82, 2.24) is 4.90 Å². The quantitative estimate of drug-likeness (QED) is 0.566. The molecule has 6 rings (SSSR count). The van der Waals surface area contributed by atoms with Crippen molar-refractivity contribution in [3.05, 3.63) is 88.5 Å². The van der Waals surface area contributed by atoms with E-state index in [1.54, 1.807) is 7.11 Å². The smallest absolute Gasteiger partial charge is 0.269 e. The van der Waals surface area contributed by atoms with Crippen LogP contribution < -0.4 is 14.4 Å². The molecule has 0 bridgehead atoms. The highest BCUT2D eigenvalue weighted by atomic mass is 16.7. The van der Waals surface area contributed by atoms with E-state index in [1.807, 2.05) is 42.5 Å². The summed E-state index contributed by atoms with van der Waals surface area (Å²) in [5.41, 5.74) is 4.31. The summed E-state index contributed by atoms with van der Waals surface area (Å²) in [6, 6.07) is 20.1. The van der Waals surface area contributed by atoms with Crippen molar-refractivity contribution in [3.8, 4) is 11.5 Å². The van der Waals surface area contributed by atoms with Crippen LogP contribution in [0.5, 0.6) is 11.5 Å². The Kier molecular flexibility index (Phi) is 5.52. The molecule has 188 valence electrons. The van der Waals surface area contributed by atoms with E-state index >= 15 is 0 Å². The number of anilines is 1. The average molecular weight is 487 g/mol. The average Bonchev–Trinajstić information content (AvgIpc) is 3.25. The Labute approximate surface area is 212 Å². The number of hydrogen-bond acceptors (Lipinski definition) is 6. The zero-order chi connectivity index (χ0) is 25.1. The summed E-state index contributed by atoms with van der Waals surface area (Å²) in [5, 5.41) is 23.6. The van der Waals surface area contributed by atoms with E-state index in [1.165, 1.54) is 5.56 Å². The molecule has 3 aromatic rings. The Morgan fingerprint density at radius 2 is 1.69 bits per heavy atom. The molecule has 2 N–H and O–H groups in total. The van der Waals surface area contributed by atoms with Crippen LogP contribution in [0.4, 0.5) is 5.69 Å². The fourth-order valence-corrected chi connectivity index (χ4v) is 6.01. The molecule has 2 heterocycles. The minimum Gasteiger partial charge on any atom is -0.497 e. The monoisotopic (exact) mass is 486 g/mol. The van der Waals surface area contributed by atoms with Crippen LogP contribution in [0.3, 0.4) is 0 Å². The van der Waals surface area contributed by atoms with Crippen molar-refractivity contribution in [1.29, 1.82) is 0 Å². The normalized spacial score (nSPS) is 24.9. The number of hydrogen-bond donors (Lipinski definition) is 2. The second-order valence-corrected chi connectivity index (χ2v) is 10.6. The Balaban J connectivity index is 1.21. The van der Waals surface area contributed by atoms with Crippen LogP contribution >= 0.6 is 0 Å². The van der Waals surface area contributed by atoms with Crippen molar-refractivity contribution >= 4 is 5.69 Å². The molecule has 6 heteroatoms. The van der Waals surface area contributed by atoms with E-state index in [2.05, 4.69) is 41.8 Å². The van der Waals surface area contributed by atoms with Crippen molar-refractivity contribution in [2.45, 2.75) is 44.1 Å². The third-order valence-electron chi connectivity index (χ3n) is 8.16. The maximum absolute atomic E-state index is 11.8. The van der Waals surface area contributed by atoms with Crippen LogP contribution in [0.2, 0.25) is 0 Å². The maximum Gasteiger partial charge on any atom is 0.269 e. The first-order valence-corrected chi connectivity index (χ1v) is 12.8. The van der Waals surface area contributed by atoms with E-state index in [9.17, 15) is 10.2 Å². The van der Waals surface area contributed by atoms with Gasteiger partial charge >= 0.3 is 0 Å². The lowest BCUT2D eigenvalue weighted by Crippen LogP contribution is -2.46. The second kappa shape index (κ2) is 8.51. The fourth-order valence-electron chi connectivity index (χ4n) is 6.01. The first kappa shape index (κ1) is 23.3. The Morgan fingerprint density at radius 3 is 2.39 bits per heavy atom. The van der Waals surface area contributed by atoms with Gasteiger partial charge in [-0.3, -0.25) is 4.90 Å². The SMILES string of the molecule is COc1ccc(CN2CCN(c3cccc4c3C[C@]3(O)c5ccc(C(C)C)cc5OC43O)CC2)cc1. The van der Waals surface area contributed by atoms with Crippen LogP contribution in [0.15, 0.2) is 60.7 Å². The number of nitrogens with zero attached hydrogens (tertiary/aromatic N) is 2. The van der Waals surface area contributed by atoms with Crippen LogP contribution in [-0.4, -0.2) is 48.4 Å². The van der Waals surface area contributed by atoms with Gasteiger partial charge in [0, 0.05) is 56.0 Å². The standard InChI is InChI=1S/C30H34N2O4/c1-20(2)22-9-12-26-28(17-22)36-30(34)25-5-4-6-27(24(25)18-29(26,30)33)32-15-13-31(14-16-32)19-21-7-10-23(35-3)11-8-21/h4-12,17,20,33-34H,13-16,18-19H2,1-3H3/t29-,30?/m0/s1. The van der Waals surface area contributed by atoms with Gasteiger partial charge in [-0.15, -0.1) is 0 Å². The van der Waals surface area contributed by atoms with Gasteiger partial charge in [-0.05, 0) is 46.9 Å². The molecule has 1 fully saturated rings. The van der Waals surface area contributed by atoms with Gasteiger partial charge in [0.05, 0.1) is 7.11 Å². The highest BCUT2D eigenvalue weighted by Gasteiger charge is 2.65. The molecule has 1 saturated heterocycles. The molecule has 1 aliphatic carbocycles. The maximum atomic E-state index is 11.8. The van der Waals surface area contributed by atoms with Crippen molar-refractivity contribution in [2.24, 2.45) is 0 Å². The highest BCUT2D eigenvalue weighted by Crippen LogP contribution is 2.59. The topological polar surface area (TPSA) is 65.4 Å². The van der Waals surface area contributed by atoms with Gasteiger partial charge in [0.1, 0.15) is 11.5 Å². The summed E-state index contributed by atoms with van der Waals surface area (Å²) >= 11 is 0. The summed E-state index contributed by atoms with van der Waals surface area (Å²) in [4.78, 5) is 4.84. The molecule has 0 amide bonds. The predicted molar refractivity (Wildman–Crippen MR) is 140 cm³/mol. The molecular weight excluding hydrogens is 452 g/mol. The lowest BCUT2D eigenvalue weighted by Gasteiger charge is -2.37. The van der Waals surface area contributed by atoms with Gasteiger partial charge in [0.15, 0.2) is 5.60 Å². The largest absolute Gasteiger partial charge is 0.497 e. The molecule has 2 aliphatic heterocycles. The summed E-state index contributed by atoms with van der Waals surface area (Å²) in [5.74, 6) is 0.0220. The number of ether oxygens (including phenoxy) is 2.